The van der Waals surface area contributed by atoms with E-state index in [1.807, 2.05) is 12.1 Å². The smallest absolute Gasteiger partial charge is 0.278 e. The Morgan fingerprint density at radius 3 is 2.90 bits per heavy atom. The van der Waals surface area contributed by atoms with Crippen LogP contribution in [0.2, 0.25) is 0 Å². The highest BCUT2D eigenvalue weighted by Gasteiger charge is 2.14. The zero-order valence-electron chi connectivity index (χ0n) is 11.2. The molecule has 0 aliphatic rings. The number of nitrogens with zero attached hydrogens (tertiary/aromatic N) is 2. The molecule has 0 radical (unpaired) electrons. The van der Waals surface area contributed by atoms with Crippen molar-refractivity contribution in [1.29, 1.82) is 0 Å². The molecule has 6 nitrogen and oxygen atoms in total. The number of nitro groups is 1. The molecule has 0 spiro atoms. The van der Waals surface area contributed by atoms with Crippen LogP contribution in [0, 0.1) is 10.1 Å². The fourth-order valence-electron chi connectivity index (χ4n) is 2.23. The maximum Gasteiger partial charge on any atom is 0.278 e. The van der Waals surface area contributed by atoms with Crippen molar-refractivity contribution >= 4 is 22.3 Å². The van der Waals surface area contributed by atoms with E-state index in [-0.39, 0.29) is 5.69 Å². The lowest BCUT2D eigenvalue weighted by Gasteiger charge is -2.08. The van der Waals surface area contributed by atoms with E-state index in [1.54, 1.807) is 30.7 Å². The van der Waals surface area contributed by atoms with E-state index >= 15 is 0 Å². The Labute approximate surface area is 120 Å². The van der Waals surface area contributed by atoms with E-state index in [0.29, 0.717) is 17.4 Å². The third-order valence-electron chi connectivity index (χ3n) is 3.21. The molecule has 0 atom stereocenters. The van der Waals surface area contributed by atoms with Gasteiger partial charge in [0.1, 0.15) is 11.3 Å². The van der Waals surface area contributed by atoms with Crippen LogP contribution in [0.1, 0.15) is 5.76 Å². The number of pyridine rings is 1. The maximum absolute atomic E-state index is 11.0. The van der Waals surface area contributed by atoms with Crippen molar-refractivity contribution in [2.75, 3.05) is 11.9 Å². The Morgan fingerprint density at radius 2 is 2.14 bits per heavy atom. The van der Waals surface area contributed by atoms with Gasteiger partial charge in [-0.25, -0.2) is 0 Å². The summed E-state index contributed by atoms with van der Waals surface area (Å²) in [4.78, 5) is 14.9. The molecule has 1 N–H and O–H groups in total. The zero-order chi connectivity index (χ0) is 14.7. The molecule has 3 rings (SSSR count). The first-order chi connectivity index (χ1) is 10.3. The van der Waals surface area contributed by atoms with Crippen molar-refractivity contribution in [3.8, 4) is 0 Å². The Bertz CT molecular complexity index is 769. The van der Waals surface area contributed by atoms with Gasteiger partial charge in [0.05, 0.1) is 22.3 Å². The summed E-state index contributed by atoms with van der Waals surface area (Å²) in [5.74, 6) is 0.890. The van der Waals surface area contributed by atoms with Crippen LogP contribution in [-0.4, -0.2) is 16.5 Å². The lowest BCUT2D eigenvalue weighted by molar-refractivity contribution is -0.383. The topological polar surface area (TPSA) is 81.2 Å². The Balaban J connectivity index is 1.85. The Morgan fingerprint density at radius 1 is 1.24 bits per heavy atom. The number of rotatable bonds is 5. The monoisotopic (exact) mass is 283 g/mol. The van der Waals surface area contributed by atoms with E-state index in [0.717, 1.165) is 17.9 Å². The quantitative estimate of drug-likeness (QED) is 0.573. The molecular weight excluding hydrogens is 270 g/mol. The number of nitrogens with one attached hydrogen (secondary N) is 1. The average molecular weight is 283 g/mol. The van der Waals surface area contributed by atoms with Crippen molar-refractivity contribution in [2.45, 2.75) is 6.42 Å². The molecule has 106 valence electrons. The lowest BCUT2D eigenvalue weighted by Crippen LogP contribution is -2.05. The predicted molar refractivity (Wildman–Crippen MR) is 79.3 cm³/mol. The summed E-state index contributed by atoms with van der Waals surface area (Å²) in [6, 6.07) is 10.3. The number of anilines is 1. The molecule has 2 aromatic heterocycles. The van der Waals surface area contributed by atoms with Gasteiger partial charge < -0.3 is 9.73 Å². The highest BCUT2D eigenvalue weighted by Crippen LogP contribution is 2.29. The van der Waals surface area contributed by atoms with Gasteiger partial charge in [0, 0.05) is 25.2 Å². The third-order valence-corrected chi connectivity index (χ3v) is 3.21. The minimum Gasteiger partial charge on any atom is -0.469 e. The van der Waals surface area contributed by atoms with Gasteiger partial charge in [0.2, 0.25) is 0 Å². The molecule has 0 aliphatic heterocycles. The van der Waals surface area contributed by atoms with Crippen LogP contribution in [0.25, 0.3) is 10.9 Å². The van der Waals surface area contributed by atoms with Gasteiger partial charge in [-0.3, -0.25) is 15.1 Å². The van der Waals surface area contributed by atoms with Crippen LogP contribution in [0.15, 0.2) is 53.3 Å². The van der Waals surface area contributed by atoms with Gasteiger partial charge in [0.25, 0.3) is 5.69 Å². The Hall–Kier alpha value is -2.89. The second kappa shape index (κ2) is 5.62. The standard InChI is InChI=1S/C15H13N3O3/c19-18(20)14-6-5-13(15-12(14)4-1-8-17-15)16-9-7-11-3-2-10-21-11/h1-6,8,10,16H,7,9H2. The summed E-state index contributed by atoms with van der Waals surface area (Å²) in [6.07, 6.45) is 4.00. The predicted octanol–water partition coefficient (Wildman–Crippen LogP) is 3.39. The normalized spacial score (nSPS) is 10.7. The molecule has 0 unspecified atom stereocenters. The molecule has 2 heterocycles. The first-order valence-electron chi connectivity index (χ1n) is 6.54. The summed E-state index contributed by atoms with van der Waals surface area (Å²) >= 11 is 0. The van der Waals surface area contributed by atoms with Crippen LogP contribution in [-0.2, 0) is 6.42 Å². The summed E-state index contributed by atoms with van der Waals surface area (Å²) in [7, 11) is 0. The number of aromatic nitrogens is 1. The number of nitro benzene ring substituents is 1. The molecule has 21 heavy (non-hydrogen) atoms. The second-order valence-electron chi connectivity index (χ2n) is 4.55. The van der Waals surface area contributed by atoms with E-state index in [2.05, 4.69) is 10.3 Å². The minimum atomic E-state index is -0.392. The fourth-order valence-corrected chi connectivity index (χ4v) is 2.23. The minimum absolute atomic E-state index is 0.0645. The molecule has 1 aromatic carbocycles. The molecule has 0 bridgehead atoms. The maximum atomic E-state index is 11.0. The van der Waals surface area contributed by atoms with E-state index in [4.69, 9.17) is 4.42 Å². The van der Waals surface area contributed by atoms with Crippen molar-refractivity contribution < 1.29 is 9.34 Å². The first-order valence-corrected chi connectivity index (χ1v) is 6.54. The number of fused-ring (bicyclic) bond motifs is 1. The second-order valence-corrected chi connectivity index (χ2v) is 4.55. The highest BCUT2D eigenvalue weighted by atomic mass is 16.6. The van der Waals surface area contributed by atoms with Crippen molar-refractivity contribution in [3.05, 3.63) is 64.7 Å². The lowest BCUT2D eigenvalue weighted by atomic mass is 10.1. The summed E-state index contributed by atoms with van der Waals surface area (Å²) in [5.41, 5.74) is 1.45. The first kappa shape index (κ1) is 13.1. The number of hydrogen-bond acceptors (Lipinski definition) is 5. The molecule has 0 fully saturated rings. The van der Waals surface area contributed by atoms with Crippen LogP contribution < -0.4 is 5.32 Å². The number of furan rings is 1. The number of hydrogen-bond donors (Lipinski definition) is 1. The molecule has 0 aliphatic carbocycles. The van der Waals surface area contributed by atoms with Gasteiger partial charge in [-0.1, -0.05) is 0 Å². The summed E-state index contributed by atoms with van der Waals surface area (Å²) in [5, 5.41) is 14.8. The van der Waals surface area contributed by atoms with E-state index in [1.165, 1.54) is 6.07 Å². The van der Waals surface area contributed by atoms with Gasteiger partial charge in [-0.05, 0) is 30.3 Å². The molecule has 0 saturated carbocycles. The van der Waals surface area contributed by atoms with Crippen molar-refractivity contribution in [2.24, 2.45) is 0 Å². The Kier molecular flexibility index (Phi) is 3.51. The number of non-ortho nitro benzene ring substituents is 1. The average Bonchev–Trinajstić information content (AvgIpc) is 3.00. The van der Waals surface area contributed by atoms with E-state index in [9.17, 15) is 10.1 Å². The molecular formula is C15H13N3O3. The largest absolute Gasteiger partial charge is 0.469 e. The molecule has 0 amide bonds. The van der Waals surface area contributed by atoms with Crippen molar-refractivity contribution in [3.63, 3.8) is 0 Å². The van der Waals surface area contributed by atoms with Crippen molar-refractivity contribution in [1.82, 2.24) is 4.98 Å². The van der Waals surface area contributed by atoms with Crippen LogP contribution in [0.3, 0.4) is 0 Å². The zero-order valence-corrected chi connectivity index (χ0v) is 11.2. The SMILES string of the molecule is O=[N+]([O-])c1ccc(NCCc2ccco2)c2ncccc12. The van der Waals surface area contributed by atoms with Gasteiger partial charge >= 0.3 is 0 Å². The highest BCUT2D eigenvalue weighted by molar-refractivity contribution is 5.96. The van der Waals surface area contributed by atoms with Gasteiger partial charge in [0.15, 0.2) is 0 Å². The summed E-state index contributed by atoms with van der Waals surface area (Å²) in [6.45, 7) is 0.664. The fraction of sp³-hybridized carbons (Fsp3) is 0.133. The molecule has 3 aromatic rings. The van der Waals surface area contributed by atoms with Crippen LogP contribution in [0.5, 0.6) is 0 Å². The van der Waals surface area contributed by atoms with Gasteiger partial charge in [-0.15, -0.1) is 0 Å². The van der Waals surface area contributed by atoms with Crippen LogP contribution >= 0.6 is 0 Å². The summed E-state index contributed by atoms with van der Waals surface area (Å²) < 4.78 is 5.26. The third kappa shape index (κ3) is 2.69. The van der Waals surface area contributed by atoms with Crippen LogP contribution in [0.4, 0.5) is 11.4 Å². The van der Waals surface area contributed by atoms with E-state index < -0.39 is 4.92 Å². The molecule has 6 heteroatoms. The van der Waals surface area contributed by atoms with Gasteiger partial charge in [-0.2, -0.15) is 0 Å². The number of benzene rings is 1. The molecule has 0 saturated heterocycles.